The van der Waals surface area contributed by atoms with Gasteiger partial charge >= 0.3 is 5.97 Å². The third-order valence-corrected chi connectivity index (χ3v) is 3.12. The Kier molecular flexibility index (Phi) is 4.33. The van der Waals surface area contributed by atoms with Crippen LogP contribution in [0.2, 0.25) is 0 Å². The van der Waals surface area contributed by atoms with Gasteiger partial charge in [0, 0.05) is 18.7 Å². The van der Waals surface area contributed by atoms with Crippen LogP contribution in [0.1, 0.15) is 40.5 Å². The molecule has 0 aromatic heterocycles. The number of carboxylic acid groups (broad SMARTS) is 1. The summed E-state index contributed by atoms with van der Waals surface area (Å²) in [6.07, 6.45) is 1.83. The quantitative estimate of drug-likeness (QED) is 0.797. The number of carboxylic acids is 1. The monoisotopic (exact) mass is 229 g/mol. The van der Waals surface area contributed by atoms with Gasteiger partial charge in [0.25, 0.3) is 0 Å². The highest BCUT2D eigenvalue weighted by molar-refractivity contribution is 5.69. The molecule has 1 unspecified atom stereocenters. The third-order valence-electron chi connectivity index (χ3n) is 3.12. The lowest BCUT2D eigenvalue weighted by Gasteiger charge is -2.42. The molecule has 1 heterocycles. The van der Waals surface area contributed by atoms with Crippen LogP contribution < -0.4 is 0 Å². The van der Waals surface area contributed by atoms with Crippen molar-refractivity contribution in [1.82, 2.24) is 4.90 Å². The number of aliphatic carboxylic acids is 1. The molecule has 1 saturated heterocycles. The van der Waals surface area contributed by atoms with Gasteiger partial charge < -0.3 is 9.84 Å². The molecule has 0 aromatic rings. The van der Waals surface area contributed by atoms with E-state index in [1.165, 1.54) is 0 Å². The summed E-state index contributed by atoms with van der Waals surface area (Å²) in [7, 11) is 0. The number of rotatable bonds is 4. The first-order chi connectivity index (χ1) is 7.32. The molecule has 4 heteroatoms. The zero-order valence-corrected chi connectivity index (χ0v) is 10.7. The highest BCUT2D eigenvalue weighted by Crippen LogP contribution is 2.28. The molecule has 1 rings (SSSR count). The fraction of sp³-hybridized carbons (Fsp3) is 0.917. The number of carbonyl (C=O) groups is 1. The van der Waals surface area contributed by atoms with Gasteiger partial charge in [-0.3, -0.25) is 9.69 Å². The minimum atomic E-state index is -0.752. The van der Waals surface area contributed by atoms with E-state index < -0.39 is 5.97 Å². The van der Waals surface area contributed by atoms with Crippen LogP contribution in [0.4, 0.5) is 0 Å². The van der Waals surface area contributed by atoms with Crippen molar-refractivity contribution in [3.8, 4) is 0 Å². The van der Waals surface area contributed by atoms with Crippen LogP contribution in [0.3, 0.4) is 0 Å². The first-order valence-electron chi connectivity index (χ1n) is 5.93. The van der Waals surface area contributed by atoms with E-state index in [9.17, 15) is 4.79 Å². The van der Waals surface area contributed by atoms with Gasteiger partial charge in [-0.25, -0.2) is 0 Å². The second kappa shape index (κ2) is 5.15. The third kappa shape index (κ3) is 3.76. The molecule has 0 spiro atoms. The van der Waals surface area contributed by atoms with E-state index in [-0.39, 0.29) is 18.2 Å². The molecule has 16 heavy (non-hydrogen) atoms. The van der Waals surface area contributed by atoms with E-state index in [2.05, 4.69) is 18.7 Å². The number of ether oxygens (including phenoxy) is 1. The van der Waals surface area contributed by atoms with Crippen molar-refractivity contribution < 1.29 is 14.6 Å². The average molecular weight is 229 g/mol. The minimum Gasteiger partial charge on any atom is -0.480 e. The zero-order valence-electron chi connectivity index (χ0n) is 10.7. The molecule has 0 amide bonds. The maximum Gasteiger partial charge on any atom is 0.317 e. The number of nitrogens with zero attached hydrogens (tertiary/aromatic N) is 1. The Hall–Kier alpha value is -0.610. The molecule has 94 valence electrons. The van der Waals surface area contributed by atoms with Gasteiger partial charge in [0.05, 0.1) is 12.1 Å². The van der Waals surface area contributed by atoms with E-state index in [1.807, 2.05) is 13.8 Å². The molecular formula is C12H23NO3. The Labute approximate surface area is 97.6 Å². The Balaban J connectivity index is 2.67. The molecule has 0 radical (unpaired) electrons. The smallest absolute Gasteiger partial charge is 0.317 e. The molecule has 1 aliphatic rings. The second-order valence-electron chi connectivity index (χ2n) is 5.41. The van der Waals surface area contributed by atoms with Crippen molar-refractivity contribution >= 4 is 5.97 Å². The van der Waals surface area contributed by atoms with E-state index in [0.717, 1.165) is 19.4 Å². The fourth-order valence-electron chi connectivity index (χ4n) is 2.37. The summed E-state index contributed by atoms with van der Waals surface area (Å²) in [6.45, 7) is 9.08. The van der Waals surface area contributed by atoms with Crippen LogP contribution in [-0.2, 0) is 9.53 Å². The topological polar surface area (TPSA) is 49.8 Å². The summed E-state index contributed by atoms with van der Waals surface area (Å²) in [5, 5.41) is 8.92. The predicted molar refractivity (Wildman–Crippen MR) is 62.5 cm³/mol. The highest BCUT2D eigenvalue weighted by Gasteiger charge is 2.33. The van der Waals surface area contributed by atoms with Crippen molar-refractivity contribution in [2.45, 2.75) is 58.2 Å². The number of hydrogen-bond donors (Lipinski definition) is 1. The zero-order chi connectivity index (χ0) is 12.3. The van der Waals surface area contributed by atoms with Gasteiger partial charge in [0.15, 0.2) is 0 Å². The van der Waals surface area contributed by atoms with Crippen LogP contribution in [0.5, 0.6) is 0 Å². The summed E-state index contributed by atoms with van der Waals surface area (Å²) in [4.78, 5) is 12.9. The van der Waals surface area contributed by atoms with Gasteiger partial charge in [-0.05, 0) is 40.5 Å². The van der Waals surface area contributed by atoms with Crippen molar-refractivity contribution in [3.05, 3.63) is 0 Å². The second-order valence-corrected chi connectivity index (χ2v) is 5.41. The van der Waals surface area contributed by atoms with E-state index in [0.29, 0.717) is 6.04 Å². The summed E-state index contributed by atoms with van der Waals surface area (Å²) < 4.78 is 5.66. The Morgan fingerprint density at radius 3 is 2.62 bits per heavy atom. The number of hydrogen-bond acceptors (Lipinski definition) is 3. The largest absolute Gasteiger partial charge is 0.480 e. The molecule has 0 aliphatic carbocycles. The van der Waals surface area contributed by atoms with Gasteiger partial charge in [-0.2, -0.15) is 0 Å². The van der Waals surface area contributed by atoms with Crippen molar-refractivity contribution in [1.29, 1.82) is 0 Å². The minimum absolute atomic E-state index is 0.123. The van der Waals surface area contributed by atoms with Crippen LogP contribution >= 0.6 is 0 Å². The maximum absolute atomic E-state index is 10.8. The Morgan fingerprint density at radius 2 is 2.19 bits per heavy atom. The Bertz CT molecular complexity index is 251. The average Bonchev–Trinajstić information content (AvgIpc) is 2.11. The standard InChI is InChI=1S/C12H23NO3/c1-9(2)13(8-11(14)15)10-5-6-16-12(3,4)7-10/h9-10H,5-8H2,1-4H3,(H,14,15). The molecule has 0 saturated carbocycles. The van der Waals surface area contributed by atoms with E-state index >= 15 is 0 Å². The maximum atomic E-state index is 10.8. The van der Waals surface area contributed by atoms with Crippen molar-refractivity contribution in [3.63, 3.8) is 0 Å². The lowest BCUT2D eigenvalue weighted by Crippen LogP contribution is -2.50. The van der Waals surface area contributed by atoms with Crippen LogP contribution in [0.25, 0.3) is 0 Å². The highest BCUT2D eigenvalue weighted by atomic mass is 16.5. The molecular weight excluding hydrogens is 206 g/mol. The first-order valence-corrected chi connectivity index (χ1v) is 5.93. The van der Waals surface area contributed by atoms with Gasteiger partial charge in [-0.15, -0.1) is 0 Å². The molecule has 1 fully saturated rings. The summed E-state index contributed by atoms with van der Waals surface area (Å²) in [6, 6.07) is 0.579. The first kappa shape index (κ1) is 13.5. The van der Waals surface area contributed by atoms with Gasteiger partial charge in [0.2, 0.25) is 0 Å². The molecule has 1 aliphatic heterocycles. The summed E-state index contributed by atoms with van der Waals surface area (Å²) >= 11 is 0. The summed E-state index contributed by atoms with van der Waals surface area (Å²) in [5.41, 5.74) is -0.130. The summed E-state index contributed by atoms with van der Waals surface area (Å²) in [5.74, 6) is -0.752. The van der Waals surface area contributed by atoms with Crippen molar-refractivity contribution in [2.75, 3.05) is 13.2 Å². The molecule has 1 N–H and O–H groups in total. The lowest BCUT2D eigenvalue weighted by molar-refractivity contribution is -0.142. The van der Waals surface area contributed by atoms with E-state index in [4.69, 9.17) is 9.84 Å². The molecule has 0 bridgehead atoms. The van der Waals surface area contributed by atoms with Gasteiger partial charge in [0.1, 0.15) is 0 Å². The van der Waals surface area contributed by atoms with E-state index in [1.54, 1.807) is 0 Å². The normalized spacial score (nSPS) is 25.0. The van der Waals surface area contributed by atoms with Crippen LogP contribution in [-0.4, -0.2) is 46.8 Å². The van der Waals surface area contributed by atoms with Crippen molar-refractivity contribution in [2.24, 2.45) is 0 Å². The van der Waals surface area contributed by atoms with Crippen LogP contribution in [0, 0.1) is 0 Å². The predicted octanol–water partition coefficient (Wildman–Crippen LogP) is 1.74. The molecule has 4 nitrogen and oxygen atoms in total. The fourth-order valence-corrected chi connectivity index (χ4v) is 2.37. The lowest BCUT2D eigenvalue weighted by atomic mass is 9.92. The molecule has 1 atom stereocenters. The Morgan fingerprint density at radius 1 is 1.56 bits per heavy atom. The molecule has 0 aromatic carbocycles. The SMILES string of the molecule is CC(C)N(CC(=O)O)C1CCOC(C)(C)C1. The van der Waals surface area contributed by atoms with Gasteiger partial charge in [-0.1, -0.05) is 0 Å². The van der Waals surface area contributed by atoms with Crippen LogP contribution in [0.15, 0.2) is 0 Å².